The van der Waals surface area contributed by atoms with Crippen molar-refractivity contribution in [2.45, 2.75) is 19.7 Å². The Labute approximate surface area is 238 Å². The van der Waals surface area contributed by atoms with E-state index in [9.17, 15) is 18.0 Å². The Hall–Kier alpha value is -3.53. The molecule has 1 fully saturated rings. The molecule has 0 saturated carbocycles. The number of benzene rings is 3. The maximum Gasteiger partial charge on any atom is 0.435 e. The Morgan fingerprint density at radius 1 is 0.975 bits per heavy atom. The lowest BCUT2D eigenvalue weighted by Crippen LogP contribution is -2.40. The Morgan fingerprint density at radius 3 is 2.25 bits per heavy atom. The number of para-hydroxylation sites is 1. The van der Waals surface area contributed by atoms with Gasteiger partial charge < -0.3 is 14.4 Å². The van der Waals surface area contributed by atoms with Gasteiger partial charge in [-0.25, -0.2) is 4.68 Å². The van der Waals surface area contributed by atoms with Crippen LogP contribution in [-0.2, 0) is 17.5 Å². The number of morpholine rings is 1. The molecule has 1 aliphatic heterocycles. The number of nitrogens with zero attached hydrogens (tertiary/aromatic N) is 3. The molecule has 0 bridgehead atoms. The molecule has 3 aromatic carbocycles. The molecule has 0 unspecified atom stereocenters. The monoisotopic (exact) mass is 589 g/mol. The first-order valence-electron chi connectivity index (χ1n) is 12.4. The van der Waals surface area contributed by atoms with E-state index >= 15 is 0 Å². The average molecular weight is 590 g/mol. The molecule has 1 saturated heterocycles. The third-order valence-electron chi connectivity index (χ3n) is 6.54. The maximum absolute atomic E-state index is 13.5. The lowest BCUT2D eigenvalue weighted by molar-refractivity contribution is -0.141. The van der Waals surface area contributed by atoms with Crippen molar-refractivity contribution >= 4 is 29.1 Å². The number of rotatable bonds is 6. The number of carbonyl (C=O) groups is 1. The predicted octanol–water partition coefficient (Wildman–Crippen LogP) is 7.22. The quantitative estimate of drug-likeness (QED) is 0.238. The maximum atomic E-state index is 13.5. The number of aromatic nitrogens is 2. The molecule has 40 heavy (non-hydrogen) atoms. The van der Waals surface area contributed by atoms with Crippen molar-refractivity contribution in [3.8, 4) is 22.6 Å². The summed E-state index contributed by atoms with van der Waals surface area (Å²) in [5.74, 6) is 0.468. The number of ether oxygens (including phenoxy) is 2. The molecular formula is C29H24Cl2F3N3O3. The van der Waals surface area contributed by atoms with Crippen molar-refractivity contribution in [1.82, 2.24) is 14.7 Å². The van der Waals surface area contributed by atoms with Crippen LogP contribution in [0.5, 0.6) is 5.75 Å². The molecule has 1 aliphatic rings. The highest BCUT2D eigenvalue weighted by Gasteiger charge is 2.35. The second kappa shape index (κ2) is 11.5. The van der Waals surface area contributed by atoms with E-state index in [4.69, 9.17) is 32.7 Å². The van der Waals surface area contributed by atoms with Crippen molar-refractivity contribution in [2.24, 2.45) is 0 Å². The average Bonchev–Trinajstić information content (AvgIpc) is 3.37. The van der Waals surface area contributed by atoms with Crippen LogP contribution in [0.1, 0.15) is 27.3 Å². The van der Waals surface area contributed by atoms with E-state index in [1.54, 1.807) is 29.2 Å². The van der Waals surface area contributed by atoms with Crippen LogP contribution in [0.25, 0.3) is 16.8 Å². The fourth-order valence-corrected chi connectivity index (χ4v) is 5.00. The highest BCUT2D eigenvalue weighted by atomic mass is 35.5. The molecule has 4 aromatic rings. The van der Waals surface area contributed by atoms with Crippen LogP contribution in [0.3, 0.4) is 0 Å². The molecule has 1 amide bonds. The fraction of sp³-hybridized carbons (Fsp3) is 0.241. The summed E-state index contributed by atoms with van der Waals surface area (Å²) in [6.45, 7) is 3.87. The molecular weight excluding hydrogens is 566 g/mol. The highest BCUT2D eigenvalue weighted by Crippen LogP contribution is 2.34. The lowest BCUT2D eigenvalue weighted by Gasteiger charge is -2.26. The normalized spacial score (nSPS) is 13.9. The van der Waals surface area contributed by atoms with Crippen LogP contribution in [0.15, 0.2) is 66.7 Å². The number of halogens is 5. The van der Waals surface area contributed by atoms with Gasteiger partial charge in [0.25, 0.3) is 5.91 Å². The molecule has 5 rings (SSSR count). The SMILES string of the molecule is Cc1cc(-c2ccc(C(=O)N3CCOCC3)cc2)ccc1OCc1cc(C(F)(F)F)nn1-c1c(Cl)cccc1Cl. The van der Waals surface area contributed by atoms with Gasteiger partial charge in [0, 0.05) is 18.7 Å². The minimum atomic E-state index is -4.66. The predicted molar refractivity (Wildman–Crippen MR) is 146 cm³/mol. The highest BCUT2D eigenvalue weighted by molar-refractivity contribution is 6.37. The van der Waals surface area contributed by atoms with Crippen LogP contribution in [0.4, 0.5) is 13.2 Å². The van der Waals surface area contributed by atoms with Crippen molar-refractivity contribution in [3.63, 3.8) is 0 Å². The number of hydrogen-bond acceptors (Lipinski definition) is 4. The van der Waals surface area contributed by atoms with E-state index < -0.39 is 11.9 Å². The molecule has 11 heteroatoms. The first kappa shape index (κ1) is 28.0. The van der Waals surface area contributed by atoms with Gasteiger partial charge >= 0.3 is 6.18 Å². The van der Waals surface area contributed by atoms with E-state index in [0.29, 0.717) is 37.6 Å². The van der Waals surface area contributed by atoms with Gasteiger partial charge in [-0.3, -0.25) is 4.79 Å². The van der Waals surface area contributed by atoms with Crippen molar-refractivity contribution in [2.75, 3.05) is 26.3 Å². The first-order chi connectivity index (χ1) is 19.1. The molecule has 0 aliphatic carbocycles. The van der Waals surface area contributed by atoms with Crippen molar-refractivity contribution in [1.29, 1.82) is 0 Å². The summed E-state index contributed by atoms with van der Waals surface area (Å²) in [6.07, 6.45) is -4.66. The Kier molecular flexibility index (Phi) is 8.07. The van der Waals surface area contributed by atoms with Gasteiger partial charge in [-0.05, 0) is 66.1 Å². The Balaban J connectivity index is 1.34. The molecule has 6 nitrogen and oxygen atoms in total. The third kappa shape index (κ3) is 5.96. The molecule has 0 spiro atoms. The van der Waals surface area contributed by atoms with Gasteiger partial charge in [0.05, 0.1) is 29.0 Å². The van der Waals surface area contributed by atoms with Gasteiger partial charge in [-0.1, -0.05) is 47.5 Å². The number of hydrogen-bond donors (Lipinski definition) is 0. The van der Waals surface area contributed by atoms with E-state index in [0.717, 1.165) is 27.4 Å². The molecule has 208 valence electrons. The molecule has 1 aromatic heterocycles. The van der Waals surface area contributed by atoms with Crippen LogP contribution < -0.4 is 4.74 Å². The molecule has 2 heterocycles. The van der Waals surface area contributed by atoms with Crippen LogP contribution in [-0.4, -0.2) is 46.9 Å². The van der Waals surface area contributed by atoms with E-state index in [1.165, 1.54) is 12.1 Å². The largest absolute Gasteiger partial charge is 0.487 e. The second-order valence-electron chi connectivity index (χ2n) is 9.25. The number of alkyl halides is 3. The summed E-state index contributed by atoms with van der Waals surface area (Å²) in [7, 11) is 0. The van der Waals surface area contributed by atoms with E-state index in [1.807, 2.05) is 31.2 Å². The van der Waals surface area contributed by atoms with Crippen LogP contribution >= 0.6 is 23.2 Å². The third-order valence-corrected chi connectivity index (χ3v) is 7.15. The van der Waals surface area contributed by atoms with Gasteiger partial charge in [0.15, 0.2) is 5.69 Å². The summed E-state index contributed by atoms with van der Waals surface area (Å²) < 4.78 is 52.8. The summed E-state index contributed by atoms with van der Waals surface area (Å²) >= 11 is 12.5. The number of amides is 1. The van der Waals surface area contributed by atoms with Crippen molar-refractivity contribution < 1.29 is 27.4 Å². The smallest absolute Gasteiger partial charge is 0.435 e. The first-order valence-corrected chi connectivity index (χ1v) is 13.2. The van der Waals surface area contributed by atoms with E-state index in [2.05, 4.69) is 5.10 Å². The number of carbonyl (C=O) groups excluding carboxylic acids is 1. The zero-order chi connectivity index (χ0) is 28.4. The zero-order valence-electron chi connectivity index (χ0n) is 21.3. The van der Waals surface area contributed by atoms with Crippen LogP contribution in [0.2, 0.25) is 10.0 Å². The number of aryl methyl sites for hydroxylation is 1. The zero-order valence-corrected chi connectivity index (χ0v) is 22.9. The minimum Gasteiger partial charge on any atom is -0.487 e. The second-order valence-corrected chi connectivity index (χ2v) is 10.1. The molecule has 0 radical (unpaired) electrons. The Bertz CT molecular complexity index is 1510. The van der Waals surface area contributed by atoms with Gasteiger partial charge in [0.2, 0.25) is 0 Å². The summed E-state index contributed by atoms with van der Waals surface area (Å²) in [5.41, 5.74) is 2.40. The van der Waals surface area contributed by atoms with Crippen molar-refractivity contribution in [3.05, 3.63) is 99.3 Å². The van der Waals surface area contributed by atoms with E-state index in [-0.39, 0.29) is 33.9 Å². The summed E-state index contributed by atoms with van der Waals surface area (Å²) in [4.78, 5) is 14.5. The fourth-order valence-electron chi connectivity index (χ4n) is 4.44. The lowest BCUT2D eigenvalue weighted by atomic mass is 10.0. The van der Waals surface area contributed by atoms with Crippen LogP contribution in [0, 0.1) is 6.92 Å². The van der Waals surface area contributed by atoms with Gasteiger partial charge in [0.1, 0.15) is 18.0 Å². The Morgan fingerprint density at radius 2 is 1.62 bits per heavy atom. The topological polar surface area (TPSA) is 56.6 Å². The van der Waals surface area contributed by atoms with Gasteiger partial charge in [-0.2, -0.15) is 18.3 Å². The standard InChI is InChI=1S/C29H24Cl2F3N3O3/c1-18-15-21(19-5-7-20(8-6-19)28(38)36-11-13-39-14-12-36)9-10-25(18)40-17-22-16-26(29(32,33)34)35-37(22)27-23(30)3-2-4-24(27)31/h2-10,15-16H,11-14,17H2,1H3. The summed E-state index contributed by atoms with van der Waals surface area (Å²) in [6, 6.07) is 18.4. The molecule has 0 N–H and O–H groups in total. The van der Waals surface area contributed by atoms with Gasteiger partial charge in [-0.15, -0.1) is 0 Å². The summed E-state index contributed by atoms with van der Waals surface area (Å²) in [5, 5.41) is 4.03. The molecule has 0 atom stereocenters. The minimum absolute atomic E-state index is 0.0271.